The van der Waals surface area contributed by atoms with E-state index in [1.54, 1.807) is 30.6 Å². The Morgan fingerprint density at radius 3 is 2.52 bits per heavy atom. The number of benzene rings is 1. The number of hydrogen-bond donors (Lipinski definition) is 2. The molecule has 0 aliphatic carbocycles. The van der Waals surface area contributed by atoms with Gasteiger partial charge < -0.3 is 15.4 Å². The molecule has 0 aliphatic heterocycles. The van der Waals surface area contributed by atoms with Gasteiger partial charge in [-0.05, 0) is 48.2 Å². The molecular weight excluding hydrogens is 318 g/mol. The number of ether oxygens (including phenoxy) is 1. The van der Waals surface area contributed by atoms with Crippen molar-refractivity contribution in [1.29, 1.82) is 0 Å². The highest BCUT2D eigenvalue weighted by atomic mass is 16.5. The van der Waals surface area contributed by atoms with Crippen LogP contribution in [0.2, 0.25) is 0 Å². The van der Waals surface area contributed by atoms with Crippen LogP contribution in [0.4, 0.5) is 10.5 Å². The summed E-state index contributed by atoms with van der Waals surface area (Å²) in [5.41, 5.74) is 2.81. The molecule has 2 rings (SSSR count). The van der Waals surface area contributed by atoms with E-state index in [2.05, 4.69) is 15.6 Å². The monoisotopic (exact) mass is 341 g/mol. The molecule has 1 aromatic carbocycles. The SMILES string of the molecule is COC(=O)c1ccc(NC(=O)NC(c2cccnc2)C(C)C)c(C)c1. The molecule has 0 saturated carbocycles. The van der Waals surface area contributed by atoms with Crippen LogP contribution in [0.5, 0.6) is 0 Å². The Balaban J connectivity index is 2.10. The van der Waals surface area contributed by atoms with Crippen molar-refractivity contribution in [2.45, 2.75) is 26.8 Å². The van der Waals surface area contributed by atoms with Gasteiger partial charge >= 0.3 is 12.0 Å². The number of nitrogens with one attached hydrogen (secondary N) is 2. The van der Waals surface area contributed by atoms with Crippen molar-refractivity contribution in [1.82, 2.24) is 10.3 Å². The lowest BCUT2D eigenvalue weighted by molar-refractivity contribution is 0.0600. The molecule has 25 heavy (non-hydrogen) atoms. The first kappa shape index (κ1) is 18.4. The summed E-state index contributed by atoms with van der Waals surface area (Å²) < 4.78 is 4.70. The number of nitrogens with zero attached hydrogens (tertiary/aromatic N) is 1. The van der Waals surface area contributed by atoms with Crippen molar-refractivity contribution >= 4 is 17.7 Å². The number of esters is 1. The van der Waals surface area contributed by atoms with Gasteiger partial charge in [0.15, 0.2) is 0 Å². The second kappa shape index (κ2) is 8.28. The first-order chi connectivity index (χ1) is 11.9. The van der Waals surface area contributed by atoms with E-state index in [0.29, 0.717) is 11.3 Å². The van der Waals surface area contributed by atoms with E-state index in [0.717, 1.165) is 11.1 Å². The molecule has 2 aromatic rings. The maximum atomic E-state index is 12.4. The lowest BCUT2D eigenvalue weighted by Crippen LogP contribution is -2.35. The summed E-state index contributed by atoms with van der Waals surface area (Å²) in [6.07, 6.45) is 3.45. The fourth-order valence-corrected chi connectivity index (χ4v) is 2.54. The second-order valence-corrected chi connectivity index (χ2v) is 6.13. The average Bonchev–Trinajstić information content (AvgIpc) is 2.61. The molecule has 0 radical (unpaired) electrons. The molecule has 2 N–H and O–H groups in total. The molecule has 0 fully saturated rings. The number of aryl methyl sites for hydroxylation is 1. The zero-order valence-corrected chi connectivity index (χ0v) is 14.9. The smallest absolute Gasteiger partial charge is 0.337 e. The van der Waals surface area contributed by atoms with Crippen LogP contribution < -0.4 is 10.6 Å². The van der Waals surface area contributed by atoms with Crippen molar-refractivity contribution < 1.29 is 14.3 Å². The van der Waals surface area contributed by atoms with Crippen molar-refractivity contribution in [2.24, 2.45) is 5.92 Å². The van der Waals surface area contributed by atoms with Crippen LogP contribution in [0.25, 0.3) is 0 Å². The van der Waals surface area contributed by atoms with Gasteiger partial charge in [-0.25, -0.2) is 9.59 Å². The van der Waals surface area contributed by atoms with E-state index in [1.165, 1.54) is 7.11 Å². The predicted molar refractivity (Wildman–Crippen MR) is 96.5 cm³/mol. The minimum absolute atomic E-state index is 0.150. The Morgan fingerprint density at radius 2 is 1.96 bits per heavy atom. The number of aromatic nitrogens is 1. The summed E-state index contributed by atoms with van der Waals surface area (Å²) in [7, 11) is 1.34. The van der Waals surface area contributed by atoms with Gasteiger partial charge in [-0.2, -0.15) is 0 Å². The van der Waals surface area contributed by atoms with Gasteiger partial charge in [0.2, 0.25) is 0 Å². The molecule has 6 heteroatoms. The number of urea groups is 1. The molecule has 0 bridgehead atoms. The van der Waals surface area contributed by atoms with Crippen molar-refractivity contribution in [3.63, 3.8) is 0 Å². The van der Waals surface area contributed by atoms with Crippen LogP contribution in [-0.4, -0.2) is 24.1 Å². The van der Waals surface area contributed by atoms with Gasteiger partial charge in [0.05, 0.1) is 18.7 Å². The largest absolute Gasteiger partial charge is 0.465 e. The standard InChI is InChI=1S/C19H23N3O3/c1-12(2)17(15-6-5-9-20-11-15)22-19(24)21-16-8-7-14(10-13(16)3)18(23)25-4/h5-12,17H,1-4H3,(H2,21,22,24). The third kappa shape index (κ3) is 4.79. The number of amides is 2. The van der Waals surface area contributed by atoms with E-state index in [1.807, 2.05) is 32.9 Å². The fraction of sp³-hybridized carbons (Fsp3) is 0.316. The lowest BCUT2D eigenvalue weighted by Gasteiger charge is -2.23. The highest BCUT2D eigenvalue weighted by Crippen LogP contribution is 2.22. The normalized spacial score (nSPS) is 11.7. The van der Waals surface area contributed by atoms with Crippen LogP contribution in [0.3, 0.4) is 0 Å². The van der Waals surface area contributed by atoms with Gasteiger partial charge in [0.1, 0.15) is 0 Å². The van der Waals surface area contributed by atoms with Crippen molar-refractivity contribution in [2.75, 3.05) is 12.4 Å². The zero-order valence-electron chi connectivity index (χ0n) is 14.9. The fourth-order valence-electron chi connectivity index (χ4n) is 2.54. The van der Waals surface area contributed by atoms with Crippen molar-refractivity contribution in [3.8, 4) is 0 Å². The van der Waals surface area contributed by atoms with Gasteiger partial charge in [-0.3, -0.25) is 4.98 Å². The van der Waals surface area contributed by atoms with E-state index in [-0.39, 0.29) is 18.0 Å². The number of methoxy groups -OCH3 is 1. The third-order valence-electron chi connectivity index (χ3n) is 3.89. The minimum atomic E-state index is -0.407. The van der Waals surface area contributed by atoms with E-state index in [4.69, 9.17) is 4.74 Å². The van der Waals surface area contributed by atoms with E-state index in [9.17, 15) is 9.59 Å². The molecule has 0 saturated heterocycles. The Bertz CT molecular complexity index is 745. The summed E-state index contributed by atoms with van der Waals surface area (Å²) in [5.74, 6) is -0.201. The Kier molecular flexibility index (Phi) is 6.11. The lowest BCUT2D eigenvalue weighted by atomic mass is 9.98. The number of carbonyl (C=O) groups is 2. The highest BCUT2D eigenvalue weighted by molar-refractivity contribution is 5.93. The Morgan fingerprint density at radius 1 is 1.20 bits per heavy atom. The molecule has 1 heterocycles. The Hall–Kier alpha value is -2.89. The predicted octanol–water partition coefficient (Wildman–Crippen LogP) is 3.70. The molecule has 6 nitrogen and oxygen atoms in total. The summed E-state index contributed by atoms with van der Waals surface area (Å²) >= 11 is 0. The van der Waals surface area contributed by atoms with Gasteiger partial charge in [-0.15, -0.1) is 0 Å². The summed E-state index contributed by atoms with van der Waals surface area (Å²) in [4.78, 5) is 28.1. The maximum Gasteiger partial charge on any atom is 0.337 e. The van der Waals surface area contributed by atoms with Gasteiger partial charge in [0, 0.05) is 18.1 Å². The molecule has 2 amide bonds. The quantitative estimate of drug-likeness (QED) is 0.813. The zero-order chi connectivity index (χ0) is 18.4. The molecule has 1 atom stereocenters. The number of anilines is 1. The average molecular weight is 341 g/mol. The third-order valence-corrected chi connectivity index (χ3v) is 3.89. The van der Waals surface area contributed by atoms with Crippen molar-refractivity contribution in [3.05, 3.63) is 59.4 Å². The van der Waals surface area contributed by atoms with Gasteiger partial charge in [0.25, 0.3) is 0 Å². The number of hydrogen-bond acceptors (Lipinski definition) is 4. The topological polar surface area (TPSA) is 80.3 Å². The molecular formula is C19H23N3O3. The molecule has 0 spiro atoms. The summed E-state index contributed by atoms with van der Waals surface area (Å²) in [6.45, 7) is 5.89. The number of pyridine rings is 1. The van der Waals surface area contributed by atoms with Crippen LogP contribution in [0.1, 0.15) is 41.4 Å². The summed E-state index contributed by atoms with van der Waals surface area (Å²) in [6, 6.07) is 8.32. The first-order valence-corrected chi connectivity index (χ1v) is 8.08. The second-order valence-electron chi connectivity index (χ2n) is 6.13. The first-order valence-electron chi connectivity index (χ1n) is 8.08. The number of rotatable bonds is 5. The van der Waals surface area contributed by atoms with Crippen LogP contribution in [-0.2, 0) is 4.74 Å². The molecule has 0 aliphatic rings. The van der Waals surface area contributed by atoms with Gasteiger partial charge in [-0.1, -0.05) is 19.9 Å². The molecule has 1 unspecified atom stereocenters. The maximum absolute atomic E-state index is 12.4. The molecule has 132 valence electrons. The highest BCUT2D eigenvalue weighted by Gasteiger charge is 2.19. The number of carbonyl (C=O) groups excluding carboxylic acids is 2. The van der Waals surface area contributed by atoms with Crippen LogP contribution >= 0.6 is 0 Å². The van der Waals surface area contributed by atoms with Crippen LogP contribution in [0, 0.1) is 12.8 Å². The Labute approximate surface area is 147 Å². The van der Waals surface area contributed by atoms with E-state index < -0.39 is 5.97 Å². The molecule has 1 aromatic heterocycles. The van der Waals surface area contributed by atoms with E-state index >= 15 is 0 Å². The van der Waals surface area contributed by atoms with Crippen LogP contribution in [0.15, 0.2) is 42.7 Å². The summed E-state index contributed by atoms with van der Waals surface area (Å²) in [5, 5.41) is 5.80. The minimum Gasteiger partial charge on any atom is -0.465 e.